The molecular formula is C18H17BrO5. The van der Waals surface area contributed by atoms with Gasteiger partial charge in [-0.2, -0.15) is 0 Å². The van der Waals surface area contributed by atoms with Gasteiger partial charge in [0, 0.05) is 4.47 Å². The van der Waals surface area contributed by atoms with E-state index in [9.17, 15) is 9.59 Å². The number of hydrogen-bond acceptors (Lipinski definition) is 5. The number of carbonyl (C=O) groups is 2. The molecule has 0 unspecified atom stereocenters. The molecule has 0 aliphatic heterocycles. The Morgan fingerprint density at radius 3 is 2.25 bits per heavy atom. The summed E-state index contributed by atoms with van der Waals surface area (Å²) in [6, 6.07) is 13.8. The number of benzene rings is 2. The fraction of sp³-hybridized carbons (Fsp3) is 0.222. The molecule has 0 amide bonds. The predicted molar refractivity (Wildman–Crippen MR) is 91.8 cm³/mol. The topological polar surface area (TPSA) is 61.8 Å². The van der Waals surface area contributed by atoms with E-state index in [0.717, 1.165) is 10.0 Å². The third-order valence-electron chi connectivity index (χ3n) is 3.21. The highest BCUT2D eigenvalue weighted by molar-refractivity contribution is 9.10. The first-order valence-electron chi connectivity index (χ1n) is 7.25. The quantitative estimate of drug-likeness (QED) is 0.700. The average Bonchev–Trinajstić information content (AvgIpc) is 2.61. The maximum Gasteiger partial charge on any atom is 0.347 e. The fourth-order valence-corrected chi connectivity index (χ4v) is 2.16. The summed E-state index contributed by atoms with van der Waals surface area (Å²) in [4.78, 5) is 23.3. The highest BCUT2D eigenvalue weighted by atomic mass is 79.9. The first kappa shape index (κ1) is 18.0. The van der Waals surface area contributed by atoms with Crippen molar-refractivity contribution < 1.29 is 23.8 Å². The molecule has 0 spiro atoms. The van der Waals surface area contributed by atoms with Crippen LogP contribution in [-0.4, -0.2) is 25.2 Å². The van der Waals surface area contributed by atoms with Crippen molar-refractivity contribution in [3.63, 3.8) is 0 Å². The summed E-state index contributed by atoms with van der Waals surface area (Å²) in [5, 5.41) is 0. The molecule has 0 bridgehead atoms. The van der Waals surface area contributed by atoms with Crippen LogP contribution in [0.1, 0.15) is 22.8 Å². The molecule has 5 nitrogen and oxygen atoms in total. The van der Waals surface area contributed by atoms with Crippen LogP contribution in [0.15, 0.2) is 53.0 Å². The molecular weight excluding hydrogens is 376 g/mol. The Hall–Kier alpha value is -2.34. The molecule has 0 saturated carbocycles. The van der Waals surface area contributed by atoms with Crippen molar-refractivity contribution >= 4 is 27.9 Å². The largest absolute Gasteiger partial charge is 0.479 e. The second kappa shape index (κ2) is 8.49. The van der Waals surface area contributed by atoms with Crippen LogP contribution in [0.2, 0.25) is 0 Å². The number of halogens is 1. The average molecular weight is 393 g/mol. The summed E-state index contributed by atoms with van der Waals surface area (Å²) < 4.78 is 16.3. The third kappa shape index (κ3) is 5.09. The van der Waals surface area contributed by atoms with Crippen LogP contribution in [0.25, 0.3) is 0 Å². The summed E-state index contributed by atoms with van der Waals surface area (Å²) in [7, 11) is 1.32. The van der Waals surface area contributed by atoms with Gasteiger partial charge >= 0.3 is 11.9 Å². The first-order valence-corrected chi connectivity index (χ1v) is 8.05. The van der Waals surface area contributed by atoms with Gasteiger partial charge < -0.3 is 14.2 Å². The number of carbonyl (C=O) groups excluding carboxylic acids is 2. The minimum atomic E-state index is -0.722. The van der Waals surface area contributed by atoms with E-state index < -0.39 is 18.0 Å². The maximum atomic E-state index is 12.0. The monoisotopic (exact) mass is 392 g/mol. The molecule has 0 aliphatic carbocycles. The number of hydrogen-bond donors (Lipinski definition) is 0. The number of rotatable bonds is 6. The van der Waals surface area contributed by atoms with Crippen molar-refractivity contribution in [3.8, 4) is 5.75 Å². The standard InChI is InChI=1S/C18H17BrO5/c1-12(24-16-9-7-15(19)8-10-16)17(20)23-11-13-3-5-14(6-4-13)18(21)22-2/h3-10,12H,11H2,1-2H3/t12-/m1/s1. The van der Waals surface area contributed by atoms with E-state index in [4.69, 9.17) is 9.47 Å². The zero-order valence-corrected chi connectivity index (χ0v) is 14.9. The SMILES string of the molecule is COC(=O)c1ccc(COC(=O)[C@@H](C)Oc2ccc(Br)cc2)cc1. The van der Waals surface area contributed by atoms with Gasteiger partial charge in [0.2, 0.25) is 0 Å². The zero-order valence-electron chi connectivity index (χ0n) is 13.3. The van der Waals surface area contributed by atoms with Gasteiger partial charge in [-0.3, -0.25) is 0 Å². The van der Waals surface area contributed by atoms with Crippen molar-refractivity contribution in [1.29, 1.82) is 0 Å². The molecule has 126 valence electrons. The molecule has 0 fully saturated rings. The van der Waals surface area contributed by atoms with E-state index in [-0.39, 0.29) is 6.61 Å². The molecule has 0 aromatic heterocycles. The molecule has 24 heavy (non-hydrogen) atoms. The maximum absolute atomic E-state index is 12.0. The summed E-state index contributed by atoms with van der Waals surface area (Å²) in [6.45, 7) is 1.74. The van der Waals surface area contributed by atoms with E-state index >= 15 is 0 Å². The van der Waals surface area contributed by atoms with Crippen LogP contribution in [0.4, 0.5) is 0 Å². The summed E-state index contributed by atoms with van der Waals surface area (Å²) in [6.07, 6.45) is -0.722. The summed E-state index contributed by atoms with van der Waals surface area (Å²) in [5.41, 5.74) is 1.21. The second-order valence-electron chi connectivity index (χ2n) is 5.01. The number of ether oxygens (including phenoxy) is 3. The first-order chi connectivity index (χ1) is 11.5. The highest BCUT2D eigenvalue weighted by Crippen LogP contribution is 2.17. The smallest absolute Gasteiger partial charge is 0.347 e. The Morgan fingerprint density at radius 2 is 1.67 bits per heavy atom. The van der Waals surface area contributed by atoms with Crippen molar-refractivity contribution in [1.82, 2.24) is 0 Å². The van der Waals surface area contributed by atoms with Gasteiger partial charge in [0.15, 0.2) is 6.10 Å². The van der Waals surface area contributed by atoms with Gasteiger partial charge in [-0.1, -0.05) is 28.1 Å². The number of esters is 2. The minimum Gasteiger partial charge on any atom is -0.479 e. The van der Waals surface area contributed by atoms with Gasteiger partial charge in [0.05, 0.1) is 12.7 Å². The van der Waals surface area contributed by atoms with Crippen molar-refractivity contribution in [2.75, 3.05) is 7.11 Å². The number of methoxy groups -OCH3 is 1. The van der Waals surface area contributed by atoms with Crippen LogP contribution < -0.4 is 4.74 Å². The van der Waals surface area contributed by atoms with Crippen molar-refractivity contribution in [3.05, 3.63) is 64.1 Å². The Bertz CT molecular complexity index is 694. The molecule has 0 saturated heterocycles. The lowest BCUT2D eigenvalue weighted by Crippen LogP contribution is -2.26. The van der Waals surface area contributed by atoms with E-state index in [0.29, 0.717) is 11.3 Å². The van der Waals surface area contributed by atoms with Crippen LogP contribution in [0.5, 0.6) is 5.75 Å². The van der Waals surface area contributed by atoms with Gasteiger partial charge in [0.1, 0.15) is 12.4 Å². The molecule has 2 aromatic rings. The van der Waals surface area contributed by atoms with Gasteiger partial charge in [-0.25, -0.2) is 9.59 Å². The molecule has 0 aliphatic rings. The molecule has 1 atom stereocenters. The minimum absolute atomic E-state index is 0.105. The van der Waals surface area contributed by atoms with E-state index in [1.165, 1.54) is 7.11 Å². The Kier molecular flexibility index (Phi) is 6.37. The van der Waals surface area contributed by atoms with Gasteiger partial charge in [-0.05, 0) is 48.9 Å². The van der Waals surface area contributed by atoms with Gasteiger partial charge in [-0.15, -0.1) is 0 Å². The highest BCUT2D eigenvalue weighted by Gasteiger charge is 2.16. The van der Waals surface area contributed by atoms with Crippen molar-refractivity contribution in [2.24, 2.45) is 0 Å². The molecule has 0 N–H and O–H groups in total. The molecule has 6 heteroatoms. The molecule has 2 aromatic carbocycles. The normalized spacial score (nSPS) is 11.5. The van der Waals surface area contributed by atoms with Crippen molar-refractivity contribution in [2.45, 2.75) is 19.6 Å². The van der Waals surface area contributed by atoms with Crippen LogP contribution in [0.3, 0.4) is 0 Å². The van der Waals surface area contributed by atoms with Crippen LogP contribution in [0, 0.1) is 0 Å². The van der Waals surface area contributed by atoms with E-state index in [1.807, 2.05) is 12.1 Å². The lowest BCUT2D eigenvalue weighted by molar-refractivity contribution is -0.152. The Balaban J connectivity index is 1.85. The third-order valence-corrected chi connectivity index (χ3v) is 3.74. The van der Waals surface area contributed by atoms with E-state index in [2.05, 4.69) is 20.7 Å². The zero-order chi connectivity index (χ0) is 17.5. The van der Waals surface area contributed by atoms with Crippen LogP contribution in [-0.2, 0) is 20.9 Å². The lowest BCUT2D eigenvalue weighted by atomic mass is 10.1. The lowest BCUT2D eigenvalue weighted by Gasteiger charge is -2.14. The van der Waals surface area contributed by atoms with Crippen LogP contribution >= 0.6 is 15.9 Å². The fourth-order valence-electron chi connectivity index (χ4n) is 1.89. The Labute approximate surface area is 148 Å². The Morgan fingerprint density at radius 1 is 1.04 bits per heavy atom. The summed E-state index contributed by atoms with van der Waals surface area (Å²) in [5.74, 6) is -0.282. The second-order valence-corrected chi connectivity index (χ2v) is 5.93. The molecule has 0 radical (unpaired) electrons. The van der Waals surface area contributed by atoms with Gasteiger partial charge in [0.25, 0.3) is 0 Å². The molecule has 2 rings (SSSR count). The molecule has 0 heterocycles. The predicted octanol–water partition coefficient (Wildman–Crippen LogP) is 3.75. The van der Waals surface area contributed by atoms with E-state index in [1.54, 1.807) is 43.3 Å². The summed E-state index contributed by atoms with van der Waals surface area (Å²) >= 11 is 3.33.